The van der Waals surface area contributed by atoms with Crippen LogP contribution in [0.4, 0.5) is 17.1 Å². The van der Waals surface area contributed by atoms with Gasteiger partial charge in [0.2, 0.25) is 0 Å². The molecule has 14 rings (SSSR count). The number of benzene rings is 11. The molecular formula is C64H41N3. The maximum absolute atomic E-state index is 2.49. The highest BCUT2D eigenvalue weighted by Gasteiger charge is 2.31. The van der Waals surface area contributed by atoms with Gasteiger partial charge in [0.05, 0.1) is 27.9 Å². The Morgan fingerprint density at radius 3 is 1.70 bits per heavy atom. The molecule has 2 aromatic heterocycles. The third kappa shape index (κ3) is 5.78. The van der Waals surface area contributed by atoms with E-state index >= 15 is 0 Å². The van der Waals surface area contributed by atoms with E-state index in [0.29, 0.717) is 0 Å². The van der Waals surface area contributed by atoms with Crippen molar-refractivity contribution >= 4 is 71.3 Å². The van der Waals surface area contributed by atoms with Crippen molar-refractivity contribution in [3.8, 4) is 56.0 Å². The molecule has 1 aliphatic carbocycles. The molecule has 0 spiro atoms. The predicted octanol–water partition coefficient (Wildman–Crippen LogP) is 17.5. The Hall–Kier alpha value is -8.92. The lowest BCUT2D eigenvalue weighted by Gasteiger charge is -2.28. The fraction of sp³-hybridized carbons (Fsp3) is 0. The molecule has 0 unspecified atom stereocenters. The summed E-state index contributed by atoms with van der Waals surface area (Å²) in [5.41, 5.74) is 19.1. The molecule has 0 N–H and O–H groups in total. The molecule has 11 aromatic carbocycles. The Labute approximate surface area is 388 Å². The van der Waals surface area contributed by atoms with E-state index in [0.717, 1.165) is 28.4 Å². The highest BCUT2D eigenvalue weighted by Crippen LogP contribution is 2.55. The van der Waals surface area contributed by atoms with Crippen LogP contribution in [-0.2, 0) is 0 Å². The van der Waals surface area contributed by atoms with Gasteiger partial charge in [-0.25, -0.2) is 0 Å². The maximum Gasteiger partial charge on any atom is 0.0626 e. The van der Waals surface area contributed by atoms with Crippen LogP contribution in [0.15, 0.2) is 249 Å². The second-order valence-corrected chi connectivity index (χ2v) is 17.7. The Morgan fingerprint density at radius 2 is 0.896 bits per heavy atom. The van der Waals surface area contributed by atoms with Gasteiger partial charge in [0, 0.05) is 60.8 Å². The average Bonchev–Trinajstić information content (AvgIpc) is 4.04. The summed E-state index contributed by atoms with van der Waals surface area (Å²) in [5, 5.41) is 8.69. The van der Waals surface area contributed by atoms with Gasteiger partial charge in [-0.05, 0) is 117 Å². The lowest BCUT2D eigenvalue weighted by atomic mass is 9.97. The van der Waals surface area contributed by atoms with Gasteiger partial charge in [0.1, 0.15) is 0 Å². The fourth-order valence-electron chi connectivity index (χ4n) is 11.0. The fourth-order valence-corrected chi connectivity index (χ4v) is 11.0. The number of nitrogens with zero attached hydrogens (tertiary/aromatic N) is 3. The normalized spacial score (nSPS) is 11.9. The van der Waals surface area contributed by atoms with Crippen molar-refractivity contribution in [2.24, 2.45) is 0 Å². The quantitative estimate of drug-likeness (QED) is 0.156. The van der Waals surface area contributed by atoms with Crippen molar-refractivity contribution in [2.45, 2.75) is 0 Å². The molecule has 0 radical (unpaired) electrons. The van der Waals surface area contributed by atoms with Gasteiger partial charge >= 0.3 is 0 Å². The van der Waals surface area contributed by atoms with Gasteiger partial charge in [-0.2, -0.15) is 0 Å². The van der Waals surface area contributed by atoms with Gasteiger partial charge < -0.3 is 14.0 Å². The molecule has 0 atom stereocenters. The number of rotatable bonds is 7. The van der Waals surface area contributed by atoms with Crippen LogP contribution in [-0.4, -0.2) is 9.13 Å². The van der Waals surface area contributed by atoms with E-state index in [1.54, 1.807) is 0 Å². The van der Waals surface area contributed by atoms with Crippen LogP contribution in [0.2, 0.25) is 0 Å². The Kier molecular flexibility index (Phi) is 8.28. The minimum Gasteiger partial charge on any atom is -0.310 e. The summed E-state index contributed by atoms with van der Waals surface area (Å²) < 4.78 is 4.90. The molecule has 0 amide bonds. The molecule has 3 nitrogen and oxygen atoms in total. The van der Waals surface area contributed by atoms with Gasteiger partial charge in [0.15, 0.2) is 0 Å². The van der Waals surface area contributed by atoms with Crippen LogP contribution in [0.5, 0.6) is 0 Å². The second-order valence-electron chi connectivity index (χ2n) is 17.7. The molecule has 0 saturated carbocycles. The zero-order valence-electron chi connectivity index (χ0n) is 36.5. The molecule has 0 fully saturated rings. The van der Waals surface area contributed by atoms with Gasteiger partial charge in [-0.15, -0.1) is 0 Å². The molecule has 67 heavy (non-hydrogen) atoms. The first-order valence-corrected chi connectivity index (χ1v) is 23.1. The van der Waals surface area contributed by atoms with Crippen LogP contribution in [0.25, 0.3) is 110 Å². The van der Waals surface area contributed by atoms with Crippen LogP contribution in [0.1, 0.15) is 0 Å². The molecule has 13 aromatic rings. The third-order valence-corrected chi connectivity index (χ3v) is 14.0. The van der Waals surface area contributed by atoms with Crippen molar-refractivity contribution < 1.29 is 0 Å². The van der Waals surface area contributed by atoms with Crippen molar-refractivity contribution in [1.82, 2.24) is 9.13 Å². The number of aromatic nitrogens is 2. The van der Waals surface area contributed by atoms with Gasteiger partial charge in [-0.1, -0.05) is 170 Å². The minimum absolute atomic E-state index is 1.11. The molecule has 2 heterocycles. The van der Waals surface area contributed by atoms with E-state index in [-0.39, 0.29) is 0 Å². The van der Waals surface area contributed by atoms with Crippen LogP contribution in [0.3, 0.4) is 0 Å². The smallest absolute Gasteiger partial charge is 0.0626 e. The molecule has 0 saturated heterocycles. The molecule has 0 aliphatic heterocycles. The summed E-state index contributed by atoms with van der Waals surface area (Å²) >= 11 is 0. The molecule has 312 valence electrons. The lowest BCUT2D eigenvalue weighted by Crippen LogP contribution is -2.10. The lowest BCUT2D eigenvalue weighted by molar-refractivity contribution is 1.14. The van der Waals surface area contributed by atoms with E-state index in [9.17, 15) is 0 Å². The summed E-state index contributed by atoms with van der Waals surface area (Å²) in [6, 6.07) is 91.2. The number of anilines is 3. The molecule has 3 heteroatoms. The van der Waals surface area contributed by atoms with E-state index in [2.05, 4.69) is 263 Å². The summed E-state index contributed by atoms with van der Waals surface area (Å²) in [4.78, 5) is 2.44. The summed E-state index contributed by atoms with van der Waals surface area (Å²) in [6.45, 7) is 0. The Balaban J connectivity index is 0.978. The number of fused-ring (bicyclic) bond motifs is 9. The van der Waals surface area contributed by atoms with E-state index in [1.807, 2.05) is 0 Å². The molecule has 1 aliphatic rings. The van der Waals surface area contributed by atoms with Crippen molar-refractivity contribution in [1.29, 1.82) is 0 Å². The second kappa shape index (κ2) is 14.8. The zero-order valence-corrected chi connectivity index (χ0v) is 36.5. The maximum atomic E-state index is 2.49. The van der Waals surface area contributed by atoms with Crippen molar-refractivity contribution in [3.05, 3.63) is 249 Å². The highest BCUT2D eigenvalue weighted by molar-refractivity contribution is 6.25. The molecule has 0 bridgehead atoms. The Morgan fingerprint density at radius 1 is 0.299 bits per heavy atom. The average molecular weight is 852 g/mol. The number of para-hydroxylation sites is 3. The van der Waals surface area contributed by atoms with Crippen molar-refractivity contribution in [2.75, 3.05) is 4.90 Å². The van der Waals surface area contributed by atoms with E-state index < -0.39 is 0 Å². The van der Waals surface area contributed by atoms with Crippen LogP contribution in [0, 0.1) is 0 Å². The topological polar surface area (TPSA) is 13.1 Å². The largest absolute Gasteiger partial charge is 0.310 e. The predicted molar refractivity (Wildman–Crippen MR) is 283 cm³/mol. The van der Waals surface area contributed by atoms with Crippen molar-refractivity contribution in [3.63, 3.8) is 0 Å². The first-order chi connectivity index (χ1) is 33.2. The SMILES string of the molecule is c1ccc(-c2ccc(N(c3ccc4ccccc4c3)c3ccc4c5c(cccc35)-c3c-4n(-c4ccccc4)c4ccc(-c5ccc6c7ccccc7n(-c7ccccc7)c6c5)cc34)cc2)cc1. The first kappa shape index (κ1) is 37.5. The number of hydrogen-bond donors (Lipinski definition) is 0. The minimum atomic E-state index is 1.11. The highest BCUT2D eigenvalue weighted by atomic mass is 15.1. The summed E-state index contributed by atoms with van der Waals surface area (Å²) in [6.07, 6.45) is 0. The molecular weight excluding hydrogens is 811 g/mol. The number of hydrogen-bond acceptors (Lipinski definition) is 1. The van der Waals surface area contributed by atoms with E-state index in [4.69, 9.17) is 0 Å². The summed E-state index contributed by atoms with van der Waals surface area (Å²) in [7, 11) is 0. The van der Waals surface area contributed by atoms with Crippen LogP contribution < -0.4 is 4.90 Å². The Bertz CT molecular complexity index is 4070. The standard InChI is InChI=1S/C64H41N3/c1-4-15-42(16-5-1)44-27-32-50(33-28-44)65(51-34-29-43-17-10-11-18-45(43)39-51)59-38-36-56-62-54(59)24-14-25-55(62)63-57-40-46(31-37-60(57)67(64(56)63)49-21-8-3-9-22-49)47-30-35-53-52-23-12-13-26-58(52)66(61(53)41-47)48-19-6-2-7-20-48/h1-41H. The first-order valence-electron chi connectivity index (χ1n) is 23.1. The van der Waals surface area contributed by atoms with Gasteiger partial charge in [0.25, 0.3) is 0 Å². The zero-order chi connectivity index (χ0) is 44.0. The van der Waals surface area contributed by atoms with Gasteiger partial charge in [-0.3, -0.25) is 0 Å². The van der Waals surface area contributed by atoms with E-state index in [1.165, 1.54) is 98.9 Å². The summed E-state index contributed by atoms with van der Waals surface area (Å²) in [5.74, 6) is 0. The third-order valence-electron chi connectivity index (χ3n) is 14.0. The monoisotopic (exact) mass is 851 g/mol. The van der Waals surface area contributed by atoms with Crippen LogP contribution >= 0.6 is 0 Å².